The van der Waals surface area contributed by atoms with Crippen molar-refractivity contribution < 1.29 is 17.6 Å². The maximum atomic E-state index is 13.0. The van der Waals surface area contributed by atoms with Crippen LogP contribution in [0.3, 0.4) is 0 Å². The van der Waals surface area contributed by atoms with Crippen molar-refractivity contribution in [1.29, 1.82) is 0 Å². The van der Waals surface area contributed by atoms with Crippen LogP contribution in [0.15, 0.2) is 53.4 Å². The predicted molar refractivity (Wildman–Crippen MR) is 110 cm³/mol. The lowest BCUT2D eigenvalue weighted by molar-refractivity contribution is 0.0785. The summed E-state index contributed by atoms with van der Waals surface area (Å²) in [7, 11) is -0.281. The van der Waals surface area contributed by atoms with Crippen molar-refractivity contribution in [2.45, 2.75) is 49.6 Å². The van der Waals surface area contributed by atoms with E-state index in [2.05, 4.69) is 0 Å². The maximum absolute atomic E-state index is 13.0. The van der Waals surface area contributed by atoms with Crippen LogP contribution in [0.1, 0.15) is 48.0 Å². The Morgan fingerprint density at radius 2 is 1.55 bits per heavy atom. The van der Waals surface area contributed by atoms with Crippen LogP contribution in [0.5, 0.6) is 0 Å². The molecule has 1 saturated carbocycles. The second-order valence-corrected chi connectivity index (χ2v) is 9.62. The van der Waals surface area contributed by atoms with Crippen LogP contribution in [-0.2, 0) is 16.6 Å². The van der Waals surface area contributed by atoms with Crippen molar-refractivity contribution in [3.8, 4) is 0 Å². The molecule has 7 heteroatoms. The smallest absolute Gasteiger partial charge is 0.253 e. The van der Waals surface area contributed by atoms with E-state index in [1.165, 1.54) is 33.5 Å². The minimum Gasteiger partial charge on any atom is -0.337 e. The summed E-state index contributed by atoms with van der Waals surface area (Å²) < 4.78 is 40.3. The van der Waals surface area contributed by atoms with Gasteiger partial charge in [-0.2, -0.15) is 4.31 Å². The van der Waals surface area contributed by atoms with Crippen molar-refractivity contribution in [2.75, 3.05) is 14.1 Å². The number of carbonyl (C=O) groups is 1. The third kappa shape index (κ3) is 5.03. The van der Waals surface area contributed by atoms with Gasteiger partial charge in [0.1, 0.15) is 5.82 Å². The van der Waals surface area contributed by atoms with Gasteiger partial charge in [0, 0.05) is 32.2 Å². The molecule has 3 rings (SSSR count). The van der Waals surface area contributed by atoms with Crippen LogP contribution in [-0.4, -0.2) is 43.7 Å². The molecular weight excluding hydrogens is 391 g/mol. The summed E-state index contributed by atoms with van der Waals surface area (Å²) >= 11 is 0. The minimum absolute atomic E-state index is 0.0388. The Kier molecular flexibility index (Phi) is 6.70. The normalized spacial score (nSPS) is 15.4. The van der Waals surface area contributed by atoms with E-state index < -0.39 is 10.0 Å². The molecule has 2 aromatic rings. The van der Waals surface area contributed by atoms with Gasteiger partial charge in [-0.05, 0) is 54.8 Å². The molecule has 0 N–H and O–H groups in total. The topological polar surface area (TPSA) is 57.7 Å². The number of hydrogen-bond acceptors (Lipinski definition) is 3. The van der Waals surface area contributed by atoms with E-state index in [0.717, 1.165) is 37.7 Å². The zero-order valence-corrected chi connectivity index (χ0v) is 17.7. The Balaban J connectivity index is 1.69. The molecule has 0 aliphatic heterocycles. The van der Waals surface area contributed by atoms with Crippen LogP contribution in [0.25, 0.3) is 0 Å². The fraction of sp³-hybridized carbons (Fsp3) is 0.409. The van der Waals surface area contributed by atoms with Gasteiger partial charge < -0.3 is 4.90 Å². The molecule has 5 nitrogen and oxygen atoms in total. The third-order valence-electron chi connectivity index (χ3n) is 5.55. The molecule has 0 atom stereocenters. The van der Waals surface area contributed by atoms with Crippen LogP contribution in [0, 0.1) is 5.82 Å². The summed E-state index contributed by atoms with van der Waals surface area (Å²) in [4.78, 5) is 14.4. The lowest BCUT2D eigenvalue weighted by Gasteiger charge is -2.30. The zero-order chi connectivity index (χ0) is 21.0. The first-order valence-corrected chi connectivity index (χ1v) is 11.3. The molecule has 0 radical (unpaired) electrons. The minimum atomic E-state index is -3.58. The average molecular weight is 419 g/mol. The van der Waals surface area contributed by atoms with E-state index in [1.807, 2.05) is 0 Å². The average Bonchev–Trinajstić information content (AvgIpc) is 2.75. The standard InChI is InChI=1S/C22H27FN2O3S/c1-24(16-17-8-12-19(23)13-9-17)22(26)18-10-14-21(15-11-18)29(27,28)25(2)20-6-4-3-5-7-20/h8-15,20H,3-7,16H2,1-2H3. The van der Waals surface area contributed by atoms with Gasteiger partial charge in [0.05, 0.1) is 4.90 Å². The first-order valence-electron chi connectivity index (χ1n) is 9.87. The molecule has 0 heterocycles. The molecule has 156 valence electrons. The molecule has 0 spiro atoms. The van der Waals surface area contributed by atoms with Crippen molar-refractivity contribution >= 4 is 15.9 Å². The van der Waals surface area contributed by atoms with Gasteiger partial charge in [-0.3, -0.25) is 4.79 Å². The number of carbonyl (C=O) groups excluding carboxylic acids is 1. The lowest BCUT2D eigenvalue weighted by atomic mass is 9.96. The second kappa shape index (κ2) is 9.05. The molecule has 0 bridgehead atoms. The summed E-state index contributed by atoms with van der Waals surface area (Å²) in [5.41, 5.74) is 1.23. The van der Waals surface area contributed by atoms with Gasteiger partial charge in [-0.15, -0.1) is 0 Å². The number of sulfonamides is 1. The third-order valence-corrected chi connectivity index (χ3v) is 7.47. The van der Waals surface area contributed by atoms with Crippen LogP contribution in [0.4, 0.5) is 4.39 Å². The molecule has 1 aliphatic carbocycles. The van der Waals surface area contributed by atoms with Gasteiger partial charge in [-0.1, -0.05) is 31.4 Å². The summed E-state index contributed by atoms with van der Waals surface area (Å²) in [5, 5.41) is 0. The summed E-state index contributed by atoms with van der Waals surface area (Å²) in [6.07, 6.45) is 5.05. The highest BCUT2D eigenvalue weighted by atomic mass is 32.2. The number of halogens is 1. The van der Waals surface area contributed by atoms with Gasteiger partial charge in [-0.25, -0.2) is 12.8 Å². The molecule has 2 aromatic carbocycles. The van der Waals surface area contributed by atoms with Gasteiger partial charge in [0.2, 0.25) is 10.0 Å². The quantitative estimate of drug-likeness (QED) is 0.711. The number of rotatable bonds is 6. The Bertz CT molecular complexity index is 937. The molecule has 0 aromatic heterocycles. The number of nitrogens with zero attached hydrogens (tertiary/aromatic N) is 2. The molecule has 1 amide bonds. The predicted octanol–water partition coefficient (Wildman–Crippen LogP) is 4.05. The Morgan fingerprint density at radius 3 is 2.14 bits per heavy atom. The largest absolute Gasteiger partial charge is 0.337 e. The van der Waals surface area contributed by atoms with Crippen LogP contribution < -0.4 is 0 Å². The van der Waals surface area contributed by atoms with Gasteiger partial charge >= 0.3 is 0 Å². The Morgan fingerprint density at radius 1 is 0.966 bits per heavy atom. The highest BCUT2D eigenvalue weighted by Crippen LogP contribution is 2.26. The zero-order valence-electron chi connectivity index (χ0n) is 16.8. The second-order valence-electron chi connectivity index (χ2n) is 7.63. The molecule has 0 saturated heterocycles. The van der Waals surface area contributed by atoms with Crippen molar-refractivity contribution in [3.05, 3.63) is 65.5 Å². The summed E-state index contributed by atoms with van der Waals surface area (Å²) in [5.74, 6) is -0.545. The van der Waals surface area contributed by atoms with E-state index in [1.54, 1.807) is 38.4 Å². The van der Waals surface area contributed by atoms with E-state index in [0.29, 0.717) is 12.1 Å². The monoisotopic (exact) mass is 418 g/mol. The highest BCUT2D eigenvalue weighted by Gasteiger charge is 2.29. The molecule has 1 aliphatic rings. The number of hydrogen-bond donors (Lipinski definition) is 0. The Labute approximate surface area is 172 Å². The SMILES string of the molecule is CN(Cc1ccc(F)cc1)C(=O)c1ccc(S(=O)(=O)N(C)C2CCCCC2)cc1. The first-order chi connectivity index (χ1) is 13.8. The van der Waals surface area contributed by atoms with E-state index in [4.69, 9.17) is 0 Å². The van der Waals surface area contributed by atoms with Gasteiger partial charge in [0.15, 0.2) is 0 Å². The first kappa shape index (κ1) is 21.5. The molecule has 29 heavy (non-hydrogen) atoms. The van der Waals surface area contributed by atoms with Crippen LogP contribution >= 0.6 is 0 Å². The lowest BCUT2D eigenvalue weighted by Crippen LogP contribution is -2.38. The summed E-state index contributed by atoms with van der Waals surface area (Å²) in [6.45, 7) is 0.337. The maximum Gasteiger partial charge on any atom is 0.253 e. The highest BCUT2D eigenvalue weighted by molar-refractivity contribution is 7.89. The van der Waals surface area contributed by atoms with E-state index in [9.17, 15) is 17.6 Å². The molecule has 0 unspecified atom stereocenters. The van der Waals surface area contributed by atoms with Crippen LogP contribution in [0.2, 0.25) is 0 Å². The number of amides is 1. The van der Waals surface area contributed by atoms with E-state index in [-0.39, 0.29) is 22.7 Å². The fourth-order valence-corrected chi connectivity index (χ4v) is 5.15. The molecule has 1 fully saturated rings. The Hall–Kier alpha value is -2.25. The van der Waals surface area contributed by atoms with Gasteiger partial charge in [0.25, 0.3) is 5.91 Å². The summed E-state index contributed by atoms with van der Waals surface area (Å²) in [6, 6.07) is 12.1. The molecular formula is C22H27FN2O3S. The van der Waals surface area contributed by atoms with E-state index >= 15 is 0 Å². The van der Waals surface area contributed by atoms with Crippen molar-refractivity contribution in [2.24, 2.45) is 0 Å². The van der Waals surface area contributed by atoms with Crippen molar-refractivity contribution in [1.82, 2.24) is 9.21 Å². The fourth-order valence-electron chi connectivity index (χ4n) is 3.73. The van der Waals surface area contributed by atoms with Crippen molar-refractivity contribution in [3.63, 3.8) is 0 Å². The number of benzene rings is 2.